The van der Waals surface area contributed by atoms with E-state index in [0.29, 0.717) is 0 Å². The maximum absolute atomic E-state index is 9.62. The molecule has 1 aromatic heterocycles. The Morgan fingerprint density at radius 1 is 0.340 bits per heavy atom. The van der Waals surface area contributed by atoms with Crippen LogP contribution in [-0.2, 0) is 0 Å². The first-order chi connectivity index (χ1) is 34.6. The van der Waals surface area contributed by atoms with Crippen molar-refractivity contribution in [1.29, 1.82) is 0 Å². The first-order valence-electron chi connectivity index (χ1n) is 27.4. The first-order valence-corrected chi connectivity index (χ1v) is 13.9. The van der Waals surface area contributed by atoms with Gasteiger partial charge in [-0.15, -0.1) is 0 Å². The molecule has 1 nitrogen and oxygen atoms in total. The highest BCUT2D eigenvalue weighted by atomic mass is 16.3. The van der Waals surface area contributed by atoms with Gasteiger partial charge in [0, 0.05) is 27.6 Å². The van der Waals surface area contributed by atoms with Gasteiger partial charge in [-0.25, -0.2) is 0 Å². The number of furan rings is 1. The Labute approximate surface area is 311 Å². The van der Waals surface area contributed by atoms with Crippen molar-refractivity contribution in [2.75, 3.05) is 0 Å². The Balaban J connectivity index is 1.70. The highest BCUT2D eigenvalue weighted by Crippen LogP contribution is 2.51. The Bertz CT molecular complexity index is 3930. The summed E-state index contributed by atoms with van der Waals surface area (Å²) < 4.78 is 248. The standard InChI is InChI=1S/C46H30O/c1-4-17-31(18-5-1)34-23-10-15-28-40(34)46-44(41-30-16-29-35(45(41)47-46)32-19-6-2-7-20-32)43-38-26-13-11-24-36(38)42(33-21-8-3-9-22-33)37-25-12-14-27-39(37)43/h1-30H/i1D,2D,3D,4D,5D,6D,7D,8D,9D,10D,11D,12D,13D,14D,15D,17D,18D,19D,20D,21D,22D,23D,24D,25D,26D,27D,28D. The van der Waals surface area contributed by atoms with Gasteiger partial charge in [-0.1, -0.05) is 181 Å². The molecule has 1 heteroatoms. The lowest BCUT2D eigenvalue weighted by Crippen LogP contribution is -1.92. The summed E-state index contributed by atoms with van der Waals surface area (Å²) in [5.74, 6) is -0.799. The highest BCUT2D eigenvalue weighted by Gasteiger charge is 2.26. The predicted molar refractivity (Wildman–Crippen MR) is 198 cm³/mol. The second-order valence-electron chi connectivity index (χ2n) is 9.99. The van der Waals surface area contributed by atoms with Gasteiger partial charge in [0.05, 0.1) is 37.0 Å². The zero-order valence-corrected chi connectivity index (χ0v) is 23.6. The minimum Gasteiger partial charge on any atom is -0.455 e. The van der Waals surface area contributed by atoms with Gasteiger partial charge in [0.2, 0.25) is 0 Å². The maximum Gasteiger partial charge on any atom is 0.143 e. The molecule has 220 valence electrons. The third-order valence-corrected chi connectivity index (χ3v) is 7.52. The minimum absolute atomic E-state index is 0.290. The number of rotatable bonds is 5. The summed E-state index contributed by atoms with van der Waals surface area (Å²) in [5.41, 5.74) is -6.29. The predicted octanol–water partition coefficient (Wildman–Crippen LogP) is 13.1. The fraction of sp³-hybridized carbons (Fsp3) is 0. The number of benzene rings is 8. The molecule has 0 N–H and O–H groups in total. The SMILES string of the molecule is [2H]c1c([2H])c([2H])c(-c2c([2H])c([2H])c([2H])c([2H])c2-c2oc3c(-c4c([2H])c([2H])c([2H])c([2H])c4[2H])cccc3c2-c2c3c([2H])c([2H])c([2H])c([2H])c3c(-c3c([2H])c([2H])c([2H])c([2H])c3[2H])c3c([2H])c([2H])c([2H])c([2H])c23)c([2H])c1[2H]. The van der Waals surface area contributed by atoms with Crippen molar-refractivity contribution in [3.63, 3.8) is 0 Å². The Morgan fingerprint density at radius 2 is 0.787 bits per heavy atom. The summed E-state index contributed by atoms with van der Waals surface area (Å²) in [4.78, 5) is 0. The van der Waals surface area contributed by atoms with Gasteiger partial charge in [-0.05, 0) is 49.4 Å². The molecule has 8 aromatic carbocycles. The summed E-state index contributed by atoms with van der Waals surface area (Å²) >= 11 is 0. The molecule has 0 saturated heterocycles. The molecule has 0 aliphatic carbocycles. The van der Waals surface area contributed by atoms with Crippen LogP contribution in [0, 0.1) is 0 Å². The maximum atomic E-state index is 9.62. The number of para-hydroxylation sites is 1. The van der Waals surface area contributed by atoms with Gasteiger partial charge in [0.1, 0.15) is 11.3 Å². The van der Waals surface area contributed by atoms with Gasteiger partial charge < -0.3 is 4.42 Å². The third kappa shape index (κ3) is 4.47. The quantitative estimate of drug-likeness (QED) is 0.173. The van der Waals surface area contributed by atoms with Crippen LogP contribution in [-0.4, -0.2) is 0 Å². The lowest BCUT2D eigenvalue weighted by Gasteiger charge is -2.18. The van der Waals surface area contributed by atoms with Gasteiger partial charge in [0.25, 0.3) is 0 Å². The van der Waals surface area contributed by atoms with Crippen molar-refractivity contribution in [3.8, 4) is 55.8 Å². The zero-order chi connectivity index (χ0) is 54.7. The van der Waals surface area contributed by atoms with Crippen molar-refractivity contribution in [3.05, 3.63) is 181 Å². The van der Waals surface area contributed by atoms with Crippen LogP contribution in [0.4, 0.5) is 0 Å². The van der Waals surface area contributed by atoms with Crippen LogP contribution < -0.4 is 0 Å². The topological polar surface area (TPSA) is 13.1 Å². The van der Waals surface area contributed by atoms with Crippen molar-refractivity contribution >= 4 is 32.5 Å². The molecule has 0 atom stereocenters. The van der Waals surface area contributed by atoms with E-state index in [1.54, 1.807) is 0 Å². The number of hydrogen-bond acceptors (Lipinski definition) is 1. The number of hydrogen-bond donors (Lipinski definition) is 0. The van der Waals surface area contributed by atoms with Gasteiger partial charge in [0.15, 0.2) is 0 Å². The lowest BCUT2D eigenvalue weighted by atomic mass is 9.84. The molecule has 0 spiro atoms. The minimum atomic E-state index is -1.02. The molecule has 0 saturated carbocycles. The van der Waals surface area contributed by atoms with Crippen LogP contribution in [0.3, 0.4) is 0 Å². The second-order valence-corrected chi connectivity index (χ2v) is 9.99. The summed E-state index contributed by atoms with van der Waals surface area (Å²) in [6.45, 7) is 0. The summed E-state index contributed by atoms with van der Waals surface area (Å²) in [6, 6.07) is -21.3. The first kappa shape index (κ1) is 11.3. The van der Waals surface area contributed by atoms with Crippen LogP contribution >= 0.6 is 0 Å². The Kier molecular flexibility index (Phi) is 2.71. The van der Waals surface area contributed by atoms with E-state index in [9.17, 15) is 8.22 Å². The average molecular weight is 626 g/mol. The zero-order valence-electron chi connectivity index (χ0n) is 50.6. The summed E-state index contributed by atoms with van der Waals surface area (Å²) in [5, 5.41) is -3.04. The molecule has 0 unspecified atom stereocenters. The van der Waals surface area contributed by atoms with E-state index < -0.39 is 241 Å². The third-order valence-electron chi connectivity index (χ3n) is 7.52. The van der Waals surface area contributed by atoms with Gasteiger partial charge in [-0.3, -0.25) is 0 Å². The second kappa shape index (κ2) is 11.3. The molecule has 0 amide bonds. The van der Waals surface area contributed by atoms with Crippen molar-refractivity contribution in [1.82, 2.24) is 0 Å². The summed E-state index contributed by atoms with van der Waals surface area (Å²) in [7, 11) is 0. The van der Waals surface area contributed by atoms with E-state index in [2.05, 4.69) is 0 Å². The molecule has 0 fully saturated rings. The molecule has 0 aliphatic heterocycles. The fourth-order valence-electron chi connectivity index (χ4n) is 5.67. The van der Waals surface area contributed by atoms with Crippen LogP contribution in [0.5, 0.6) is 0 Å². The molecule has 9 aromatic rings. The van der Waals surface area contributed by atoms with E-state index in [-0.39, 0.29) is 10.9 Å². The van der Waals surface area contributed by atoms with E-state index in [1.165, 1.54) is 18.2 Å². The van der Waals surface area contributed by atoms with Crippen LogP contribution in [0.25, 0.3) is 88.3 Å². The normalized spacial score (nSPS) is 19.4. The summed E-state index contributed by atoms with van der Waals surface area (Å²) in [6.07, 6.45) is 0. The Hall–Kier alpha value is -6.18. The lowest BCUT2D eigenvalue weighted by molar-refractivity contribution is 0.634. The number of fused-ring (bicyclic) bond motifs is 3. The molecule has 1 heterocycles. The smallest absolute Gasteiger partial charge is 0.143 e. The van der Waals surface area contributed by atoms with Gasteiger partial charge in [-0.2, -0.15) is 0 Å². The molecule has 9 rings (SSSR count). The van der Waals surface area contributed by atoms with Crippen molar-refractivity contribution in [2.45, 2.75) is 0 Å². The molecular weight excluding hydrogens is 569 g/mol. The van der Waals surface area contributed by atoms with Gasteiger partial charge >= 0.3 is 0 Å². The monoisotopic (exact) mass is 625 g/mol. The van der Waals surface area contributed by atoms with E-state index in [0.717, 1.165) is 0 Å². The van der Waals surface area contributed by atoms with Crippen LogP contribution in [0.15, 0.2) is 186 Å². The molecule has 47 heavy (non-hydrogen) atoms. The largest absolute Gasteiger partial charge is 0.455 e. The van der Waals surface area contributed by atoms with Crippen molar-refractivity contribution in [2.24, 2.45) is 0 Å². The highest BCUT2D eigenvalue weighted by molar-refractivity contribution is 6.25. The molecular formula is C46H30O. The Morgan fingerprint density at radius 3 is 1.36 bits per heavy atom. The van der Waals surface area contributed by atoms with Crippen LogP contribution in [0.1, 0.15) is 37.0 Å². The molecule has 0 radical (unpaired) electrons. The van der Waals surface area contributed by atoms with Crippen LogP contribution in [0.2, 0.25) is 0 Å². The molecule has 0 bridgehead atoms. The average Bonchev–Trinajstić information content (AvgIpc) is 3.76. The van der Waals surface area contributed by atoms with E-state index in [1.807, 2.05) is 0 Å². The van der Waals surface area contributed by atoms with E-state index >= 15 is 0 Å². The fourth-order valence-corrected chi connectivity index (χ4v) is 5.67. The molecule has 0 aliphatic rings. The van der Waals surface area contributed by atoms with Crippen molar-refractivity contribution < 1.29 is 41.4 Å². The van der Waals surface area contributed by atoms with E-state index in [4.69, 9.17) is 33.2 Å².